The van der Waals surface area contributed by atoms with E-state index in [1.807, 2.05) is 0 Å². The van der Waals surface area contributed by atoms with Crippen LogP contribution < -0.4 is 5.73 Å². The molecule has 1 aromatic rings. The molecule has 0 bridgehead atoms. The van der Waals surface area contributed by atoms with Gasteiger partial charge in [0.15, 0.2) is 0 Å². The molecule has 0 radical (unpaired) electrons. The molecule has 0 aromatic carbocycles. The number of aromatic nitrogens is 1. The van der Waals surface area contributed by atoms with Crippen molar-refractivity contribution in [1.82, 2.24) is 9.88 Å². The maximum absolute atomic E-state index is 5.82. The van der Waals surface area contributed by atoms with E-state index in [0.29, 0.717) is 4.99 Å². The molecule has 3 nitrogen and oxygen atoms in total. The Balaban J connectivity index is 2.90. The predicted octanol–water partition coefficient (Wildman–Crippen LogP) is 2.96. The fourth-order valence-corrected chi connectivity index (χ4v) is 3.28. The van der Waals surface area contributed by atoms with E-state index in [2.05, 4.69) is 39.5 Å². The third-order valence-corrected chi connectivity index (χ3v) is 4.62. The van der Waals surface area contributed by atoms with E-state index in [1.54, 1.807) is 11.3 Å². The molecule has 0 aliphatic carbocycles. The summed E-state index contributed by atoms with van der Waals surface area (Å²) in [5, 5.41) is 1.14. The Labute approximate surface area is 126 Å². The van der Waals surface area contributed by atoms with Gasteiger partial charge in [-0.1, -0.05) is 46.8 Å². The van der Waals surface area contributed by atoms with Crippen LogP contribution in [0.25, 0.3) is 0 Å². The van der Waals surface area contributed by atoms with Crippen LogP contribution in [0, 0.1) is 0 Å². The Morgan fingerprint density at radius 2 is 1.89 bits per heavy atom. The summed E-state index contributed by atoms with van der Waals surface area (Å²) in [5.41, 5.74) is 6.85. The smallest absolute Gasteiger partial charge is 0.116 e. The van der Waals surface area contributed by atoms with Crippen molar-refractivity contribution in [2.45, 2.75) is 46.5 Å². The minimum Gasteiger partial charge on any atom is -0.389 e. The highest BCUT2D eigenvalue weighted by molar-refractivity contribution is 7.81. The lowest BCUT2D eigenvalue weighted by atomic mass is 9.91. The number of nitrogens with two attached hydrogens (primary N) is 1. The summed E-state index contributed by atoms with van der Waals surface area (Å²) in [7, 11) is 0. The molecule has 5 heteroatoms. The summed E-state index contributed by atoms with van der Waals surface area (Å²) < 4.78 is 0. The van der Waals surface area contributed by atoms with E-state index in [-0.39, 0.29) is 5.41 Å². The quantitative estimate of drug-likeness (QED) is 0.820. The van der Waals surface area contributed by atoms with E-state index in [0.717, 1.165) is 41.6 Å². The SMILES string of the molecule is CCN(CC)CCc1nc(C(C)(C)C)c(C(N)=S)s1. The van der Waals surface area contributed by atoms with Crippen LogP contribution in [-0.2, 0) is 11.8 Å². The van der Waals surface area contributed by atoms with Gasteiger partial charge in [-0.05, 0) is 13.1 Å². The minimum atomic E-state index is -0.0112. The van der Waals surface area contributed by atoms with Crippen molar-refractivity contribution >= 4 is 28.5 Å². The maximum atomic E-state index is 5.82. The highest BCUT2D eigenvalue weighted by Gasteiger charge is 2.24. The van der Waals surface area contributed by atoms with Gasteiger partial charge >= 0.3 is 0 Å². The summed E-state index contributed by atoms with van der Waals surface area (Å²) in [4.78, 5) is 8.62. The van der Waals surface area contributed by atoms with Crippen molar-refractivity contribution in [3.8, 4) is 0 Å². The summed E-state index contributed by atoms with van der Waals surface area (Å²) >= 11 is 6.80. The van der Waals surface area contributed by atoms with Crippen molar-refractivity contribution in [1.29, 1.82) is 0 Å². The van der Waals surface area contributed by atoms with Gasteiger partial charge in [0, 0.05) is 18.4 Å². The second-order valence-electron chi connectivity index (χ2n) is 5.68. The molecule has 2 N–H and O–H groups in total. The van der Waals surface area contributed by atoms with Gasteiger partial charge in [-0.3, -0.25) is 0 Å². The van der Waals surface area contributed by atoms with Crippen LogP contribution >= 0.6 is 23.6 Å². The molecule has 1 rings (SSSR count). The van der Waals surface area contributed by atoms with Gasteiger partial charge in [-0.15, -0.1) is 11.3 Å². The van der Waals surface area contributed by atoms with Crippen LogP contribution in [0.1, 0.15) is 50.2 Å². The van der Waals surface area contributed by atoms with Gasteiger partial charge < -0.3 is 10.6 Å². The maximum Gasteiger partial charge on any atom is 0.116 e. The molecule has 0 spiro atoms. The molecule has 0 saturated carbocycles. The van der Waals surface area contributed by atoms with Crippen molar-refractivity contribution in [2.24, 2.45) is 5.73 Å². The predicted molar refractivity (Wildman–Crippen MR) is 88.2 cm³/mol. The zero-order valence-electron chi connectivity index (χ0n) is 12.6. The molecule has 0 aliphatic rings. The number of rotatable bonds is 6. The highest BCUT2D eigenvalue weighted by atomic mass is 32.1. The second-order valence-corrected chi connectivity index (χ2v) is 7.20. The van der Waals surface area contributed by atoms with Crippen LogP contribution in [-0.4, -0.2) is 34.5 Å². The molecule has 19 heavy (non-hydrogen) atoms. The molecular weight excluding hydrogens is 274 g/mol. The number of thiocarbonyl (C=S) groups is 1. The van der Waals surface area contributed by atoms with Gasteiger partial charge in [-0.2, -0.15) is 0 Å². The summed E-state index contributed by atoms with van der Waals surface area (Å²) in [5.74, 6) is 0. The number of thiazole rings is 1. The molecule has 0 fully saturated rings. The average Bonchev–Trinajstić information content (AvgIpc) is 2.74. The summed E-state index contributed by atoms with van der Waals surface area (Å²) in [6.07, 6.45) is 0.970. The first-order valence-electron chi connectivity index (χ1n) is 6.81. The van der Waals surface area contributed by atoms with Crippen LogP contribution in [0.15, 0.2) is 0 Å². The lowest BCUT2D eigenvalue weighted by molar-refractivity contribution is 0.307. The lowest BCUT2D eigenvalue weighted by Crippen LogP contribution is -2.25. The van der Waals surface area contributed by atoms with E-state index in [1.165, 1.54) is 0 Å². The molecule has 0 saturated heterocycles. The Hall–Kier alpha value is -0.520. The number of nitrogens with zero attached hydrogens (tertiary/aromatic N) is 2. The van der Waals surface area contributed by atoms with Crippen molar-refractivity contribution in [3.63, 3.8) is 0 Å². The van der Waals surface area contributed by atoms with Crippen LogP contribution in [0.2, 0.25) is 0 Å². The molecule has 0 unspecified atom stereocenters. The second kappa shape index (κ2) is 6.77. The summed E-state index contributed by atoms with van der Waals surface area (Å²) in [6, 6.07) is 0. The van der Waals surface area contributed by atoms with Crippen LogP contribution in [0.4, 0.5) is 0 Å². The van der Waals surface area contributed by atoms with Gasteiger partial charge in [0.2, 0.25) is 0 Å². The normalized spacial score (nSPS) is 12.1. The van der Waals surface area contributed by atoms with Crippen LogP contribution in [0.3, 0.4) is 0 Å². The average molecular weight is 300 g/mol. The van der Waals surface area contributed by atoms with Gasteiger partial charge in [-0.25, -0.2) is 4.98 Å². The number of likely N-dealkylation sites (N-methyl/N-ethyl adjacent to an activating group) is 1. The first-order chi connectivity index (χ1) is 8.79. The first-order valence-corrected chi connectivity index (χ1v) is 8.04. The lowest BCUT2D eigenvalue weighted by Gasteiger charge is -2.17. The molecule has 0 atom stereocenters. The molecule has 1 aromatic heterocycles. The van der Waals surface area contributed by atoms with Crippen molar-refractivity contribution < 1.29 is 0 Å². The van der Waals surface area contributed by atoms with Crippen molar-refractivity contribution in [2.75, 3.05) is 19.6 Å². The highest BCUT2D eigenvalue weighted by Crippen LogP contribution is 2.29. The molecule has 0 aliphatic heterocycles. The summed E-state index contributed by atoms with van der Waals surface area (Å²) in [6.45, 7) is 14.0. The first kappa shape index (κ1) is 16.5. The Kier molecular flexibility index (Phi) is 5.89. The van der Waals surface area contributed by atoms with E-state index >= 15 is 0 Å². The third kappa shape index (κ3) is 4.51. The zero-order chi connectivity index (χ0) is 14.6. The zero-order valence-corrected chi connectivity index (χ0v) is 14.2. The van der Waals surface area contributed by atoms with Gasteiger partial charge in [0.25, 0.3) is 0 Å². The Morgan fingerprint density at radius 1 is 1.32 bits per heavy atom. The van der Waals surface area contributed by atoms with Gasteiger partial charge in [0.1, 0.15) is 4.99 Å². The largest absolute Gasteiger partial charge is 0.389 e. The molecule has 1 heterocycles. The monoisotopic (exact) mass is 299 g/mol. The molecular formula is C14H25N3S2. The van der Waals surface area contributed by atoms with Crippen LogP contribution in [0.5, 0.6) is 0 Å². The Bertz CT molecular complexity index is 428. The fraction of sp³-hybridized carbons (Fsp3) is 0.714. The van der Waals surface area contributed by atoms with Crippen molar-refractivity contribution in [3.05, 3.63) is 15.6 Å². The topological polar surface area (TPSA) is 42.2 Å². The van der Waals surface area contributed by atoms with E-state index < -0.39 is 0 Å². The van der Waals surface area contributed by atoms with E-state index in [4.69, 9.17) is 22.9 Å². The number of hydrogen-bond acceptors (Lipinski definition) is 4. The Morgan fingerprint density at radius 3 is 2.26 bits per heavy atom. The number of hydrogen-bond donors (Lipinski definition) is 1. The standard InChI is InChI=1S/C14H25N3S2/c1-6-17(7-2)9-8-10-16-12(14(3,4)5)11(19-10)13(15)18/h6-9H2,1-5H3,(H2,15,18). The van der Waals surface area contributed by atoms with E-state index in [9.17, 15) is 0 Å². The minimum absolute atomic E-state index is 0.0112. The third-order valence-electron chi connectivity index (χ3n) is 3.14. The fourth-order valence-electron chi connectivity index (χ4n) is 1.94. The molecule has 0 amide bonds. The molecule has 108 valence electrons. The van der Waals surface area contributed by atoms with Gasteiger partial charge in [0.05, 0.1) is 15.6 Å².